The van der Waals surface area contributed by atoms with Crippen LogP contribution in [0.15, 0.2) is 0 Å². The zero-order valence-corrected chi connectivity index (χ0v) is 13.1. The average Bonchev–Trinajstić information content (AvgIpc) is 2.66. The molecule has 2 saturated heterocycles. The lowest BCUT2D eigenvalue weighted by Gasteiger charge is -2.38. The molecule has 1 spiro atoms. The lowest BCUT2D eigenvalue weighted by Crippen LogP contribution is -2.47. The Morgan fingerprint density at radius 1 is 1.20 bits per heavy atom. The van der Waals surface area contributed by atoms with Gasteiger partial charge in [-0.25, -0.2) is 4.79 Å². The monoisotopic (exact) mass is 282 g/mol. The highest BCUT2D eigenvalue weighted by atomic mass is 16.6. The molecule has 5 heteroatoms. The molecule has 0 aromatic rings. The van der Waals surface area contributed by atoms with E-state index in [4.69, 9.17) is 4.74 Å². The van der Waals surface area contributed by atoms with Gasteiger partial charge in [0.1, 0.15) is 5.60 Å². The van der Waals surface area contributed by atoms with Crippen LogP contribution in [0.5, 0.6) is 0 Å². The average molecular weight is 282 g/mol. The van der Waals surface area contributed by atoms with Crippen molar-refractivity contribution < 1.29 is 14.3 Å². The maximum atomic E-state index is 12.4. The molecule has 0 bridgehead atoms. The predicted octanol–water partition coefficient (Wildman–Crippen LogP) is 2.26. The summed E-state index contributed by atoms with van der Waals surface area (Å²) in [4.78, 5) is 28.1. The molecule has 114 valence electrons. The molecular weight excluding hydrogens is 256 g/mol. The van der Waals surface area contributed by atoms with E-state index in [2.05, 4.69) is 0 Å². The summed E-state index contributed by atoms with van der Waals surface area (Å²) in [6, 6.07) is 0. The van der Waals surface area contributed by atoms with Gasteiger partial charge in [-0.05, 0) is 47.0 Å². The minimum atomic E-state index is -0.464. The third-order valence-corrected chi connectivity index (χ3v) is 4.36. The van der Waals surface area contributed by atoms with Crippen molar-refractivity contribution in [2.24, 2.45) is 5.41 Å². The van der Waals surface area contributed by atoms with Crippen LogP contribution < -0.4 is 0 Å². The fourth-order valence-electron chi connectivity index (χ4n) is 3.10. The summed E-state index contributed by atoms with van der Waals surface area (Å²) >= 11 is 0. The Hall–Kier alpha value is -1.26. The Morgan fingerprint density at radius 3 is 2.20 bits per heavy atom. The van der Waals surface area contributed by atoms with E-state index < -0.39 is 5.60 Å². The lowest BCUT2D eigenvalue weighted by atomic mass is 9.77. The number of piperidine rings is 1. The smallest absolute Gasteiger partial charge is 0.410 e. The number of ether oxygens (including phenoxy) is 1. The molecule has 0 N–H and O–H groups in total. The van der Waals surface area contributed by atoms with Gasteiger partial charge in [0.25, 0.3) is 0 Å². The molecule has 0 radical (unpaired) electrons. The first-order chi connectivity index (χ1) is 9.27. The predicted molar refractivity (Wildman–Crippen MR) is 76.3 cm³/mol. The molecule has 2 aliphatic heterocycles. The summed E-state index contributed by atoms with van der Waals surface area (Å²) in [5.74, 6) is 0.281. The van der Waals surface area contributed by atoms with Crippen LogP contribution in [-0.2, 0) is 9.53 Å². The molecule has 2 aliphatic rings. The van der Waals surface area contributed by atoms with Crippen molar-refractivity contribution in [1.82, 2.24) is 9.80 Å². The van der Waals surface area contributed by atoms with Gasteiger partial charge in [-0.15, -0.1) is 0 Å². The van der Waals surface area contributed by atoms with E-state index in [1.165, 1.54) is 0 Å². The van der Waals surface area contributed by atoms with Crippen molar-refractivity contribution in [2.75, 3.05) is 26.2 Å². The quantitative estimate of drug-likeness (QED) is 0.741. The van der Waals surface area contributed by atoms with Crippen LogP contribution in [0.4, 0.5) is 4.79 Å². The van der Waals surface area contributed by atoms with Gasteiger partial charge in [0.15, 0.2) is 0 Å². The Balaban J connectivity index is 1.93. The van der Waals surface area contributed by atoms with Gasteiger partial charge in [-0.2, -0.15) is 0 Å². The number of carbonyl (C=O) groups excluding carboxylic acids is 2. The number of likely N-dealkylation sites (tertiary alicyclic amines) is 2. The normalized spacial score (nSPS) is 22.5. The second-order valence-corrected chi connectivity index (χ2v) is 6.88. The number of hydrogen-bond donors (Lipinski definition) is 0. The SMILES string of the molecule is CCN1CCC2(CCN(C(=O)OC(C)(C)C)CC2)C1=O. The molecule has 0 saturated carbocycles. The van der Waals surface area contributed by atoms with Crippen molar-refractivity contribution in [3.63, 3.8) is 0 Å². The maximum Gasteiger partial charge on any atom is 0.410 e. The number of hydrogen-bond acceptors (Lipinski definition) is 3. The minimum absolute atomic E-state index is 0.214. The summed E-state index contributed by atoms with van der Waals surface area (Å²) in [5, 5.41) is 0. The molecule has 2 rings (SSSR count). The molecule has 2 amide bonds. The van der Waals surface area contributed by atoms with Crippen LogP contribution in [0.1, 0.15) is 47.0 Å². The van der Waals surface area contributed by atoms with E-state index in [0.29, 0.717) is 13.1 Å². The maximum absolute atomic E-state index is 12.4. The van der Waals surface area contributed by atoms with E-state index >= 15 is 0 Å². The molecule has 0 unspecified atom stereocenters. The molecule has 0 aliphatic carbocycles. The van der Waals surface area contributed by atoms with E-state index in [0.717, 1.165) is 32.4 Å². The molecule has 5 nitrogen and oxygen atoms in total. The van der Waals surface area contributed by atoms with Gasteiger partial charge in [0.2, 0.25) is 5.91 Å². The van der Waals surface area contributed by atoms with Gasteiger partial charge in [0.05, 0.1) is 5.41 Å². The van der Waals surface area contributed by atoms with Gasteiger partial charge in [-0.1, -0.05) is 0 Å². The first kappa shape index (κ1) is 15.1. The molecule has 2 heterocycles. The van der Waals surface area contributed by atoms with Crippen molar-refractivity contribution in [1.29, 1.82) is 0 Å². The summed E-state index contributed by atoms with van der Waals surface area (Å²) in [5.41, 5.74) is -0.678. The van der Waals surface area contributed by atoms with Crippen molar-refractivity contribution in [2.45, 2.75) is 52.6 Å². The van der Waals surface area contributed by atoms with Gasteiger partial charge >= 0.3 is 6.09 Å². The Labute approximate surface area is 121 Å². The molecule has 0 aromatic carbocycles. The topological polar surface area (TPSA) is 49.9 Å². The van der Waals surface area contributed by atoms with Crippen LogP contribution >= 0.6 is 0 Å². The first-order valence-electron chi connectivity index (χ1n) is 7.55. The fourth-order valence-corrected chi connectivity index (χ4v) is 3.10. The summed E-state index contributed by atoms with van der Waals surface area (Å²) in [7, 11) is 0. The Morgan fingerprint density at radius 2 is 1.75 bits per heavy atom. The molecular formula is C15H26N2O3. The second-order valence-electron chi connectivity index (χ2n) is 6.88. The van der Waals surface area contributed by atoms with E-state index in [9.17, 15) is 9.59 Å². The number of carbonyl (C=O) groups is 2. The minimum Gasteiger partial charge on any atom is -0.444 e. The van der Waals surface area contributed by atoms with E-state index in [-0.39, 0.29) is 17.4 Å². The highest BCUT2D eigenvalue weighted by Crippen LogP contribution is 2.41. The van der Waals surface area contributed by atoms with Gasteiger partial charge < -0.3 is 14.5 Å². The van der Waals surface area contributed by atoms with Crippen LogP contribution in [0.3, 0.4) is 0 Å². The van der Waals surface area contributed by atoms with Crippen molar-refractivity contribution >= 4 is 12.0 Å². The zero-order valence-electron chi connectivity index (χ0n) is 13.1. The van der Waals surface area contributed by atoms with Crippen molar-refractivity contribution in [3.05, 3.63) is 0 Å². The zero-order chi connectivity index (χ0) is 15.0. The first-order valence-corrected chi connectivity index (χ1v) is 7.55. The van der Waals surface area contributed by atoms with Gasteiger partial charge in [0, 0.05) is 26.2 Å². The van der Waals surface area contributed by atoms with Gasteiger partial charge in [-0.3, -0.25) is 4.79 Å². The molecule has 0 aromatic heterocycles. The van der Waals surface area contributed by atoms with Crippen molar-refractivity contribution in [3.8, 4) is 0 Å². The van der Waals surface area contributed by atoms with Crippen LogP contribution in [-0.4, -0.2) is 53.6 Å². The van der Waals surface area contributed by atoms with E-state index in [1.54, 1.807) is 4.90 Å². The summed E-state index contributed by atoms with van der Waals surface area (Å²) < 4.78 is 5.39. The summed E-state index contributed by atoms with van der Waals surface area (Å²) in [6.45, 7) is 10.5. The summed E-state index contributed by atoms with van der Waals surface area (Å²) in [6.07, 6.45) is 2.20. The highest BCUT2D eigenvalue weighted by molar-refractivity contribution is 5.85. The standard InChI is InChI=1S/C15H26N2O3/c1-5-16-9-6-15(12(16)18)7-10-17(11-8-15)13(19)20-14(2,3)4/h5-11H2,1-4H3. The largest absolute Gasteiger partial charge is 0.444 e. The Bertz CT molecular complexity index is 392. The number of amides is 2. The van der Waals surface area contributed by atoms with E-state index in [1.807, 2.05) is 32.6 Å². The Kier molecular flexibility index (Phi) is 3.98. The fraction of sp³-hybridized carbons (Fsp3) is 0.867. The molecule has 20 heavy (non-hydrogen) atoms. The van der Waals surface area contributed by atoms with Crippen LogP contribution in [0.2, 0.25) is 0 Å². The number of nitrogens with zero attached hydrogens (tertiary/aromatic N) is 2. The third kappa shape index (κ3) is 2.91. The second kappa shape index (κ2) is 5.26. The lowest BCUT2D eigenvalue weighted by molar-refractivity contribution is -0.138. The molecule has 2 fully saturated rings. The molecule has 0 atom stereocenters. The number of rotatable bonds is 1. The van der Waals surface area contributed by atoms with Crippen LogP contribution in [0.25, 0.3) is 0 Å². The third-order valence-electron chi connectivity index (χ3n) is 4.36. The highest BCUT2D eigenvalue weighted by Gasteiger charge is 2.48. The van der Waals surface area contributed by atoms with Crippen LogP contribution in [0, 0.1) is 5.41 Å².